The number of amides is 1. The normalized spacial score (nSPS) is 21.8. The standard InChI is InChI=1S/C11H12BrNO9S3/c1-8-2-4-9(5-3-8)23(15,16)13-10(14)11(12)24(17,18)21-6-7-22-25(11,19)20/h2-5H,6-7H2,1H3,(H,13,14). The van der Waals surface area contributed by atoms with E-state index in [4.69, 9.17) is 0 Å². The predicted octanol–water partition coefficient (Wildman–Crippen LogP) is -0.445. The summed E-state index contributed by atoms with van der Waals surface area (Å²) in [6, 6.07) is 5.20. The van der Waals surface area contributed by atoms with Crippen LogP contribution in [0, 0.1) is 6.92 Å². The third-order valence-electron chi connectivity index (χ3n) is 3.03. The molecule has 1 fully saturated rings. The summed E-state index contributed by atoms with van der Waals surface area (Å²) in [5.74, 6) is -1.91. The number of carbonyl (C=O) groups excluding carboxylic acids is 1. The molecule has 0 unspecified atom stereocenters. The van der Waals surface area contributed by atoms with Crippen molar-refractivity contribution >= 4 is 52.1 Å². The molecule has 14 heteroatoms. The second-order valence-electron chi connectivity index (χ2n) is 4.84. The Morgan fingerprint density at radius 1 is 1.08 bits per heavy atom. The van der Waals surface area contributed by atoms with Crippen molar-refractivity contribution in [2.24, 2.45) is 0 Å². The Kier molecular flexibility index (Phi) is 5.34. The second-order valence-corrected chi connectivity index (χ2v) is 12.5. The van der Waals surface area contributed by atoms with Crippen molar-refractivity contribution in [1.82, 2.24) is 4.72 Å². The minimum absolute atomic E-state index is 0.368. The number of benzene rings is 1. The van der Waals surface area contributed by atoms with Gasteiger partial charge >= 0.3 is 23.2 Å². The van der Waals surface area contributed by atoms with E-state index >= 15 is 0 Å². The Bertz CT molecular complexity index is 961. The molecule has 1 aromatic carbocycles. The number of alkyl halides is 1. The number of sulfonamides is 1. The van der Waals surface area contributed by atoms with Gasteiger partial charge in [-0.25, -0.2) is 13.1 Å². The largest absolute Gasteiger partial charge is 0.353 e. The number of halogens is 1. The molecule has 1 heterocycles. The first-order valence-electron chi connectivity index (χ1n) is 6.44. The Hall–Kier alpha value is -1.06. The van der Waals surface area contributed by atoms with E-state index in [1.807, 2.05) is 0 Å². The molecule has 0 aliphatic carbocycles. The van der Waals surface area contributed by atoms with Crippen LogP contribution in [-0.2, 0) is 43.4 Å². The molecule has 0 spiro atoms. The minimum atomic E-state index is -5.10. The van der Waals surface area contributed by atoms with Gasteiger partial charge in [0.1, 0.15) is 0 Å². The molecule has 0 bridgehead atoms. The van der Waals surface area contributed by atoms with E-state index < -0.39 is 52.4 Å². The van der Waals surface area contributed by atoms with Crippen molar-refractivity contribution in [1.29, 1.82) is 0 Å². The maximum absolute atomic E-state index is 12.3. The van der Waals surface area contributed by atoms with Gasteiger partial charge < -0.3 is 0 Å². The molecule has 1 amide bonds. The van der Waals surface area contributed by atoms with Crippen LogP contribution in [0.1, 0.15) is 5.56 Å². The number of nitrogens with one attached hydrogen (secondary N) is 1. The Morgan fingerprint density at radius 2 is 1.52 bits per heavy atom. The first-order chi connectivity index (χ1) is 11.3. The number of carbonyl (C=O) groups is 1. The fraction of sp³-hybridized carbons (Fsp3) is 0.364. The van der Waals surface area contributed by atoms with Gasteiger partial charge in [-0.2, -0.15) is 16.8 Å². The number of hydrogen-bond donors (Lipinski definition) is 1. The van der Waals surface area contributed by atoms with Crippen molar-refractivity contribution in [3.63, 3.8) is 0 Å². The average Bonchev–Trinajstić information content (AvgIpc) is 2.57. The van der Waals surface area contributed by atoms with E-state index in [0.717, 1.165) is 17.7 Å². The molecule has 1 aromatic rings. The smallest absolute Gasteiger partial charge is 0.270 e. The summed E-state index contributed by atoms with van der Waals surface area (Å²) in [4.78, 5) is 11.9. The second kappa shape index (κ2) is 6.59. The van der Waals surface area contributed by atoms with Gasteiger partial charge in [-0.05, 0) is 35.0 Å². The molecular formula is C11H12BrNO9S3. The zero-order valence-corrected chi connectivity index (χ0v) is 16.5. The molecule has 0 radical (unpaired) electrons. The third kappa shape index (κ3) is 3.59. The van der Waals surface area contributed by atoms with Crippen molar-refractivity contribution in [3.8, 4) is 0 Å². The van der Waals surface area contributed by atoms with Gasteiger partial charge in [0.15, 0.2) is 0 Å². The molecule has 0 saturated carbocycles. The zero-order chi connectivity index (χ0) is 19.1. The van der Waals surface area contributed by atoms with Crippen molar-refractivity contribution in [2.45, 2.75) is 14.8 Å². The summed E-state index contributed by atoms with van der Waals surface area (Å²) in [5, 5.41) is 0. The van der Waals surface area contributed by atoms with E-state index in [-0.39, 0.29) is 4.90 Å². The van der Waals surface area contributed by atoms with E-state index in [0.29, 0.717) is 0 Å². The molecule has 1 saturated heterocycles. The SMILES string of the molecule is Cc1ccc(S(=O)(=O)NC(=O)C2(Br)S(=O)(=O)OCCOS2(=O)=O)cc1. The number of hydrogen-bond acceptors (Lipinski definition) is 9. The lowest BCUT2D eigenvalue weighted by molar-refractivity contribution is -0.118. The van der Waals surface area contributed by atoms with Crippen molar-refractivity contribution in [3.05, 3.63) is 29.8 Å². The molecule has 25 heavy (non-hydrogen) atoms. The lowest BCUT2D eigenvalue weighted by atomic mass is 10.2. The summed E-state index contributed by atoms with van der Waals surface area (Å²) >= 11 is 2.29. The first-order valence-corrected chi connectivity index (χ1v) is 11.5. The minimum Gasteiger partial charge on any atom is -0.270 e. The first kappa shape index (κ1) is 20.3. The monoisotopic (exact) mass is 477 g/mol. The van der Waals surface area contributed by atoms with Crippen LogP contribution in [0.4, 0.5) is 0 Å². The van der Waals surface area contributed by atoms with Crippen LogP contribution in [0.15, 0.2) is 29.2 Å². The zero-order valence-electron chi connectivity index (χ0n) is 12.5. The van der Waals surface area contributed by atoms with E-state index in [1.54, 1.807) is 6.92 Å². The van der Waals surface area contributed by atoms with Crippen LogP contribution in [0.25, 0.3) is 0 Å². The van der Waals surface area contributed by atoms with Crippen LogP contribution < -0.4 is 4.72 Å². The van der Waals surface area contributed by atoms with Gasteiger partial charge in [-0.3, -0.25) is 13.2 Å². The van der Waals surface area contributed by atoms with Crippen LogP contribution in [0.3, 0.4) is 0 Å². The van der Waals surface area contributed by atoms with Crippen LogP contribution >= 0.6 is 15.9 Å². The van der Waals surface area contributed by atoms with Gasteiger partial charge in [0.2, 0.25) is 0 Å². The fourth-order valence-electron chi connectivity index (χ4n) is 1.75. The summed E-state index contributed by atoms with van der Waals surface area (Å²) < 4.78 is 79.4. The third-order valence-corrected chi connectivity index (χ3v) is 11.0. The highest BCUT2D eigenvalue weighted by Gasteiger charge is 2.64. The fourth-order valence-corrected chi connectivity index (χ4v) is 6.40. The quantitative estimate of drug-likeness (QED) is 0.450. The van der Waals surface area contributed by atoms with E-state index in [1.165, 1.54) is 16.9 Å². The molecular weight excluding hydrogens is 466 g/mol. The molecule has 2 rings (SSSR count). The average molecular weight is 478 g/mol. The van der Waals surface area contributed by atoms with Crippen LogP contribution in [-0.4, -0.2) is 47.4 Å². The predicted molar refractivity (Wildman–Crippen MR) is 87.9 cm³/mol. The lowest BCUT2D eigenvalue weighted by Gasteiger charge is -2.21. The highest BCUT2D eigenvalue weighted by atomic mass is 79.9. The summed E-state index contributed by atoms with van der Waals surface area (Å²) in [6.07, 6.45) is 0. The lowest BCUT2D eigenvalue weighted by Crippen LogP contribution is -2.54. The van der Waals surface area contributed by atoms with Gasteiger partial charge in [0, 0.05) is 0 Å². The Balaban J connectivity index is 2.49. The van der Waals surface area contributed by atoms with Crippen LogP contribution in [0.5, 0.6) is 0 Å². The molecule has 1 aliphatic heterocycles. The van der Waals surface area contributed by atoms with Gasteiger partial charge in [0.25, 0.3) is 15.9 Å². The molecule has 1 aliphatic rings. The van der Waals surface area contributed by atoms with Gasteiger partial charge in [0.05, 0.1) is 18.1 Å². The van der Waals surface area contributed by atoms with Crippen molar-refractivity contribution < 1.29 is 38.4 Å². The van der Waals surface area contributed by atoms with E-state index in [2.05, 4.69) is 24.3 Å². The molecule has 1 N–H and O–H groups in total. The van der Waals surface area contributed by atoms with Gasteiger partial charge in [-0.1, -0.05) is 17.7 Å². The maximum Gasteiger partial charge on any atom is 0.353 e. The Morgan fingerprint density at radius 3 is 1.96 bits per heavy atom. The summed E-state index contributed by atoms with van der Waals surface area (Å²) in [7, 11) is -14.7. The highest BCUT2D eigenvalue weighted by molar-refractivity contribution is 9.13. The highest BCUT2D eigenvalue weighted by Crippen LogP contribution is 2.37. The van der Waals surface area contributed by atoms with E-state index in [9.17, 15) is 30.0 Å². The Labute approximate surface area is 152 Å². The molecule has 0 aromatic heterocycles. The molecule has 10 nitrogen and oxygen atoms in total. The molecule has 140 valence electrons. The molecule has 0 atom stereocenters. The van der Waals surface area contributed by atoms with Crippen molar-refractivity contribution in [2.75, 3.05) is 13.2 Å². The van der Waals surface area contributed by atoms with Crippen LogP contribution in [0.2, 0.25) is 0 Å². The topological polar surface area (TPSA) is 150 Å². The maximum atomic E-state index is 12.3. The summed E-state index contributed by atoms with van der Waals surface area (Å²) in [6.45, 7) is 0.377. The number of rotatable bonds is 3. The summed E-state index contributed by atoms with van der Waals surface area (Å²) in [5.41, 5.74) is 0.734. The van der Waals surface area contributed by atoms with Gasteiger partial charge in [-0.15, -0.1) is 0 Å². The number of aryl methyl sites for hydroxylation is 1.